The highest BCUT2D eigenvalue weighted by Gasteiger charge is 2.24. The molecule has 28 heavy (non-hydrogen) atoms. The van der Waals surface area contributed by atoms with Crippen molar-refractivity contribution in [1.29, 1.82) is 0 Å². The topological polar surface area (TPSA) is 108 Å². The van der Waals surface area contributed by atoms with Crippen molar-refractivity contribution >= 4 is 34.6 Å². The summed E-state index contributed by atoms with van der Waals surface area (Å²) in [6.45, 7) is 1.71. The van der Waals surface area contributed by atoms with Gasteiger partial charge >= 0.3 is 11.9 Å². The molecule has 0 aliphatic heterocycles. The SMILES string of the molecule is CCC(OC(=O)c1ccc2ncoc2c1)C(=O)Nc1ccccc1C(=O)OC. The Bertz CT molecular complexity index is 1030. The molecule has 8 nitrogen and oxygen atoms in total. The van der Waals surface area contributed by atoms with E-state index in [1.54, 1.807) is 37.3 Å². The molecule has 0 aliphatic carbocycles. The number of esters is 2. The van der Waals surface area contributed by atoms with Crippen LogP contribution in [0.5, 0.6) is 0 Å². The lowest BCUT2D eigenvalue weighted by atomic mass is 10.1. The second kappa shape index (κ2) is 8.34. The Morgan fingerprint density at radius 2 is 1.93 bits per heavy atom. The van der Waals surface area contributed by atoms with Gasteiger partial charge in [-0.2, -0.15) is 0 Å². The summed E-state index contributed by atoms with van der Waals surface area (Å²) in [6, 6.07) is 11.1. The number of carbonyl (C=O) groups is 3. The molecule has 1 heterocycles. The zero-order valence-corrected chi connectivity index (χ0v) is 15.3. The number of aromatic nitrogens is 1. The van der Waals surface area contributed by atoms with Crippen LogP contribution in [0.15, 0.2) is 53.3 Å². The molecule has 0 bridgehead atoms. The summed E-state index contributed by atoms with van der Waals surface area (Å²) in [7, 11) is 1.25. The molecule has 1 N–H and O–H groups in total. The third-order valence-corrected chi connectivity index (χ3v) is 4.07. The maximum atomic E-state index is 12.6. The number of hydrogen-bond donors (Lipinski definition) is 1. The third-order valence-electron chi connectivity index (χ3n) is 4.07. The smallest absolute Gasteiger partial charge is 0.339 e. The normalized spacial score (nSPS) is 11.6. The minimum absolute atomic E-state index is 0.204. The third kappa shape index (κ3) is 4.01. The van der Waals surface area contributed by atoms with E-state index in [4.69, 9.17) is 13.9 Å². The summed E-state index contributed by atoms with van der Waals surface area (Å²) in [6.07, 6.45) is 0.493. The van der Waals surface area contributed by atoms with E-state index in [0.29, 0.717) is 11.1 Å². The Hall–Kier alpha value is -3.68. The van der Waals surface area contributed by atoms with E-state index in [-0.39, 0.29) is 23.2 Å². The molecule has 1 amide bonds. The van der Waals surface area contributed by atoms with E-state index >= 15 is 0 Å². The summed E-state index contributed by atoms with van der Waals surface area (Å²) >= 11 is 0. The van der Waals surface area contributed by atoms with Crippen LogP contribution in [-0.4, -0.2) is 36.0 Å². The Morgan fingerprint density at radius 3 is 2.68 bits per heavy atom. The lowest BCUT2D eigenvalue weighted by molar-refractivity contribution is -0.124. The predicted molar refractivity (Wildman–Crippen MR) is 99.9 cm³/mol. The van der Waals surface area contributed by atoms with Crippen molar-refractivity contribution < 1.29 is 28.3 Å². The Morgan fingerprint density at radius 1 is 1.14 bits per heavy atom. The molecule has 144 valence electrons. The average Bonchev–Trinajstić information content (AvgIpc) is 3.19. The maximum absolute atomic E-state index is 12.6. The van der Waals surface area contributed by atoms with Crippen molar-refractivity contribution in [2.24, 2.45) is 0 Å². The van der Waals surface area contributed by atoms with Crippen LogP contribution in [0.25, 0.3) is 11.1 Å². The molecule has 0 fully saturated rings. The number of oxazole rings is 1. The fourth-order valence-electron chi connectivity index (χ4n) is 2.59. The first-order valence-corrected chi connectivity index (χ1v) is 8.56. The zero-order chi connectivity index (χ0) is 20.1. The number of anilines is 1. The highest BCUT2D eigenvalue weighted by atomic mass is 16.5. The number of nitrogens with one attached hydrogen (secondary N) is 1. The molecule has 1 unspecified atom stereocenters. The van der Waals surface area contributed by atoms with Gasteiger partial charge in [0, 0.05) is 0 Å². The van der Waals surface area contributed by atoms with Gasteiger partial charge in [0.2, 0.25) is 0 Å². The van der Waals surface area contributed by atoms with Crippen LogP contribution in [0.1, 0.15) is 34.1 Å². The van der Waals surface area contributed by atoms with Crippen molar-refractivity contribution in [3.8, 4) is 0 Å². The van der Waals surface area contributed by atoms with Gasteiger partial charge in [-0.15, -0.1) is 0 Å². The van der Waals surface area contributed by atoms with Gasteiger partial charge < -0.3 is 19.2 Å². The van der Waals surface area contributed by atoms with Gasteiger partial charge in [0.1, 0.15) is 5.52 Å². The Kier molecular flexibility index (Phi) is 5.69. The first kappa shape index (κ1) is 19.1. The maximum Gasteiger partial charge on any atom is 0.339 e. The van der Waals surface area contributed by atoms with E-state index in [0.717, 1.165) is 0 Å². The van der Waals surface area contributed by atoms with Crippen molar-refractivity contribution in [2.45, 2.75) is 19.4 Å². The standard InChI is InChI=1S/C20H18N2O6/c1-3-16(18(23)22-14-7-5-4-6-13(14)20(25)26-2)28-19(24)12-8-9-15-17(10-12)27-11-21-15/h4-11,16H,3H2,1-2H3,(H,22,23). The van der Waals surface area contributed by atoms with Gasteiger partial charge in [-0.05, 0) is 36.8 Å². The largest absolute Gasteiger partial charge is 0.465 e. The van der Waals surface area contributed by atoms with Gasteiger partial charge in [0.15, 0.2) is 18.1 Å². The molecular weight excluding hydrogens is 364 g/mol. The average molecular weight is 382 g/mol. The van der Waals surface area contributed by atoms with E-state index in [2.05, 4.69) is 10.3 Å². The van der Waals surface area contributed by atoms with E-state index in [1.807, 2.05) is 0 Å². The van der Waals surface area contributed by atoms with Crippen LogP contribution < -0.4 is 5.32 Å². The van der Waals surface area contributed by atoms with E-state index < -0.39 is 23.9 Å². The molecule has 0 spiro atoms. The molecule has 3 rings (SSSR count). The summed E-state index contributed by atoms with van der Waals surface area (Å²) in [5.41, 5.74) is 1.78. The van der Waals surface area contributed by atoms with Crippen LogP contribution in [0.3, 0.4) is 0 Å². The van der Waals surface area contributed by atoms with Crippen LogP contribution in [0.2, 0.25) is 0 Å². The Labute approximate surface area is 160 Å². The molecule has 0 saturated carbocycles. The summed E-state index contributed by atoms with van der Waals surface area (Å²) in [4.78, 5) is 40.8. The Balaban J connectivity index is 1.73. The van der Waals surface area contributed by atoms with Gasteiger partial charge in [0.05, 0.1) is 23.9 Å². The minimum atomic E-state index is -1.04. The monoisotopic (exact) mass is 382 g/mol. The molecule has 0 radical (unpaired) electrons. The number of carbonyl (C=O) groups excluding carboxylic acids is 3. The van der Waals surface area contributed by atoms with Crippen LogP contribution >= 0.6 is 0 Å². The number of hydrogen-bond acceptors (Lipinski definition) is 7. The number of benzene rings is 2. The number of fused-ring (bicyclic) bond motifs is 1. The van der Waals surface area contributed by atoms with Crippen molar-refractivity contribution in [2.75, 3.05) is 12.4 Å². The zero-order valence-electron chi connectivity index (χ0n) is 15.3. The number of ether oxygens (including phenoxy) is 2. The lowest BCUT2D eigenvalue weighted by Crippen LogP contribution is -2.32. The first-order valence-electron chi connectivity index (χ1n) is 8.56. The number of methoxy groups -OCH3 is 1. The number of rotatable bonds is 6. The fourth-order valence-corrected chi connectivity index (χ4v) is 2.59. The van der Waals surface area contributed by atoms with E-state index in [1.165, 1.54) is 25.6 Å². The van der Waals surface area contributed by atoms with Crippen LogP contribution in [0.4, 0.5) is 5.69 Å². The predicted octanol–water partition coefficient (Wildman–Crippen LogP) is 3.19. The molecule has 1 atom stereocenters. The molecule has 3 aromatic rings. The van der Waals surface area contributed by atoms with Crippen molar-refractivity contribution in [3.05, 3.63) is 60.0 Å². The van der Waals surface area contributed by atoms with Crippen LogP contribution in [-0.2, 0) is 14.3 Å². The molecule has 0 saturated heterocycles. The highest BCUT2D eigenvalue weighted by Crippen LogP contribution is 2.19. The van der Waals surface area contributed by atoms with Gasteiger partial charge in [0.25, 0.3) is 5.91 Å². The molecular formula is C20H18N2O6. The fraction of sp³-hybridized carbons (Fsp3) is 0.200. The lowest BCUT2D eigenvalue weighted by Gasteiger charge is -2.17. The molecule has 2 aromatic carbocycles. The van der Waals surface area contributed by atoms with Gasteiger partial charge in [-0.1, -0.05) is 19.1 Å². The van der Waals surface area contributed by atoms with Gasteiger partial charge in [-0.25, -0.2) is 14.6 Å². The number of amides is 1. The summed E-state index contributed by atoms with van der Waals surface area (Å²) in [5.74, 6) is -1.80. The quantitative estimate of drug-likeness (QED) is 0.652. The minimum Gasteiger partial charge on any atom is -0.465 e. The summed E-state index contributed by atoms with van der Waals surface area (Å²) in [5, 5.41) is 2.61. The molecule has 1 aromatic heterocycles. The summed E-state index contributed by atoms with van der Waals surface area (Å²) < 4.78 is 15.2. The van der Waals surface area contributed by atoms with E-state index in [9.17, 15) is 14.4 Å². The van der Waals surface area contributed by atoms with Crippen molar-refractivity contribution in [3.63, 3.8) is 0 Å². The van der Waals surface area contributed by atoms with Crippen LogP contribution in [0, 0.1) is 0 Å². The molecule has 0 aliphatic rings. The van der Waals surface area contributed by atoms with Crippen molar-refractivity contribution in [1.82, 2.24) is 4.98 Å². The molecule has 8 heteroatoms. The first-order chi connectivity index (χ1) is 13.5. The second-order valence-electron chi connectivity index (χ2n) is 5.86. The van der Waals surface area contributed by atoms with Gasteiger partial charge in [-0.3, -0.25) is 4.79 Å². The second-order valence-corrected chi connectivity index (χ2v) is 5.86. The number of para-hydroxylation sites is 1. The number of nitrogens with zero attached hydrogens (tertiary/aromatic N) is 1. The highest BCUT2D eigenvalue weighted by molar-refractivity contribution is 6.03.